The third-order valence-corrected chi connectivity index (χ3v) is 14.8. The number of nitrogens with two attached hydrogens (primary N) is 1. The van der Waals surface area contributed by atoms with Crippen LogP contribution in [0, 0.1) is 18.3 Å². The zero-order valence-corrected chi connectivity index (χ0v) is 36.3. The van der Waals surface area contributed by atoms with Crippen LogP contribution < -0.4 is 25.8 Å². The van der Waals surface area contributed by atoms with E-state index in [4.69, 9.17) is 43.7 Å². The number of benzene rings is 5. The Kier molecular flexibility index (Phi) is 12.1. The lowest BCUT2D eigenvalue weighted by molar-refractivity contribution is -0.142. The zero-order chi connectivity index (χ0) is 44.6. The van der Waals surface area contributed by atoms with E-state index in [1.807, 2.05) is 24.3 Å². The molecule has 3 atom stereocenters. The van der Waals surface area contributed by atoms with E-state index in [-0.39, 0.29) is 46.8 Å². The molecule has 18 heteroatoms. The summed E-state index contributed by atoms with van der Waals surface area (Å²) in [5, 5.41) is 25.7. The molecule has 3 heterocycles. The number of nitrogens with zero attached hydrogens (tertiary/aromatic N) is 3. The van der Waals surface area contributed by atoms with E-state index in [1.165, 1.54) is 6.92 Å². The average Bonchev–Trinajstić information content (AvgIpc) is 3.63. The number of thiazole rings is 1. The number of nitriles is 1. The van der Waals surface area contributed by atoms with E-state index >= 15 is 0 Å². The number of sulfonamides is 1. The van der Waals surface area contributed by atoms with Crippen LogP contribution in [0.5, 0.6) is 11.5 Å². The molecule has 0 radical (unpaired) electrons. The van der Waals surface area contributed by atoms with Crippen molar-refractivity contribution >= 4 is 73.2 Å². The number of hydrogen-bond donors (Lipinski definition) is 4. The van der Waals surface area contributed by atoms with Crippen molar-refractivity contribution in [2.75, 3.05) is 11.1 Å². The van der Waals surface area contributed by atoms with Gasteiger partial charge < -0.3 is 30.9 Å². The van der Waals surface area contributed by atoms with Crippen molar-refractivity contribution in [3.63, 3.8) is 0 Å². The molecule has 1 aromatic heterocycles. The molecule has 63 heavy (non-hydrogen) atoms. The van der Waals surface area contributed by atoms with Crippen molar-refractivity contribution < 1.29 is 37.4 Å². The summed E-state index contributed by atoms with van der Waals surface area (Å²) in [6.07, 6.45) is -1.30. The van der Waals surface area contributed by atoms with Gasteiger partial charge in [-0.25, -0.2) is 18.2 Å². The van der Waals surface area contributed by atoms with Crippen molar-refractivity contribution in [2.45, 2.75) is 55.3 Å². The molecule has 0 saturated heterocycles. The second kappa shape index (κ2) is 17.7. The number of ether oxygens (including phenoxy) is 2. The first-order chi connectivity index (χ1) is 30.2. The van der Waals surface area contributed by atoms with Crippen LogP contribution in [0.4, 0.5) is 10.8 Å². The lowest BCUT2D eigenvalue weighted by atomic mass is 9.93. The van der Waals surface area contributed by atoms with Gasteiger partial charge in [0.15, 0.2) is 9.34 Å². The smallest absolute Gasteiger partial charge is 0.326 e. The number of aromatic nitrogens is 1. The third-order valence-electron chi connectivity index (χ3n) is 10.7. The van der Waals surface area contributed by atoms with Crippen molar-refractivity contribution in [1.82, 2.24) is 14.6 Å². The van der Waals surface area contributed by atoms with E-state index in [2.05, 4.69) is 21.7 Å². The van der Waals surface area contributed by atoms with Gasteiger partial charge in [0, 0.05) is 18.5 Å². The highest BCUT2D eigenvalue weighted by molar-refractivity contribution is 7.91. The molecule has 0 bridgehead atoms. The second-order valence-corrected chi connectivity index (χ2v) is 18.8. The predicted octanol–water partition coefficient (Wildman–Crippen LogP) is 7.46. The lowest BCUT2D eigenvalue weighted by Gasteiger charge is -2.36. The molecule has 320 valence electrons. The van der Waals surface area contributed by atoms with E-state index < -0.39 is 46.0 Å². The standard InChI is InChI=1S/C45H36Cl2N6O8S2/c1-24-44(62-45(49)50-24)63(58,59)53-22-32-20-39-36(51-42(55)40(61-39)30-11-13-33(14-12-30)60-23-27-6-15-34(46)35(47)16-27)18-31(32)19-38(53)41(54)52-37(43(56)57)17-25-2-7-28(8-3-25)29-9-4-26(21-48)5-10-29/h2-16,18,20,37-38,40H,17,19,22-23H2,1H3,(H2,49,50)(H,51,55)(H,52,54)(H,56,57)/t37-,38?,40?/m0/s1. The van der Waals surface area contributed by atoms with Gasteiger partial charge in [-0.1, -0.05) is 89.1 Å². The molecular weight excluding hydrogens is 888 g/mol. The highest BCUT2D eigenvalue weighted by atomic mass is 35.5. The van der Waals surface area contributed by atoms with Crippen molar-refractivity contribution in [1.29, 1.82) is 5.26 Å². The number of fused-ring (bicyclic) bond motifs is 2. The largest absolute Gasteiger partial charge is 0.489 e. The number of carbonyl (C=O) groups is 3. The topological polar surface area (TPSA) is 214 Å². The summed E-state index contributed by atoms with van der Waals surface area (Å²) in [6, 6.07) is 28.7. The third kappa shape index (κ3) is 9.19. The highest BCUT2D eigenvalue weighted by Gasteiger charge is 2.43. The molecule has 2 amide bonds. The molecule has 0 fully saturated rings. The summed E-state index contributed by atoms with van der Waals surface area (Å²) in [4.78, 5) is 44.4. The van der Waals surface area contributed by atoms with E-state index in [0.29, 0.717) is 49.3 Å². The molecule has 2 unspecified atom stereocenters. The Morgan fingerprint density at radius 2 is 1.68 bits per heavy atom. The molecule has 0 saturated carbocycles. The fourth-order valence-corrected chi connectivity index (χ4v) is 10.7. The fraction of sp³-hybridized carbons (Fsp3) is 0.178. The number of hydrogen-bond acceptors (Lipinski definition) is 11. The van der Waals surface area contributed by atoms with Gasteiger partial charge in [-0.2, -0.15) is 9.57 Å². The summed E-state index contributed by atoms with van der Waals surface area (Å²) in [5.74, 6) is -1.77. The van der Waals surface area contributed by atoms with Crippen LogP contribution in [-0.4, -0.2) is 52.7 Å². The van der Waals surface area contributed by atoms with Gasteiger partial charge in [0.25, 0.3) is 15.9 Å². The van der Waals surface area contributed by atoms with Crippen molar-refractivity contribution in [3.8, 4) is 28.7 Å². The fourth-order valence-electron chi connectivity index (χ4n) is 7.42. The maximum atomic E-state index is 14.4. The maximum absolute atomic E-state index is 14.4. The molecule has 6 aromatic rings. The molecule has 5 aromatic carbocycles. The van der Waals surface area contributed by atoms with E-state index in [1.54, 1.807) is 78.9 Å². The van der Waals surface area contributed by atoms with Crippen LogP contribution in [0.1, 0.15) is 45.2 Å². The monoisotopic (exact) mass is 922 g/mol. The number of carbonyl (C=O) groups excluding carboxylic acids is 2. The molecule has 5 N–H and O–H groups in total. The van der Waals surface area contributed by atoms with Gasteiger partial charge in [0.2, 0.25) is 12.0 Å². The number of carboxylic acid groups (broad SMARTS) is 1. The van der Waals surface area contributed by atoms with Gasteiger partial charge in [-0.3, -0.25) is 9.59 Å². The number of rotatable bonds is 12. The maximum Gasteiger partial charge on any atom is 0.326 e. The van der Waals surface area contributed by atoms with Gasteiger partial charge in [0.1, 0.15) is 30.2 Å². The number of nitrogens with one attached hydrogen (secondary N) is 2. The number of carboxylic acids is 1. The molecule has 0 spiro atoms. The molecule has 2 aliphatic heterocycles. The normalized spacial score (nSPS) is 16.4. The minimum atomic E-state index is -4.43. The summed E-state index contributed by atoms with van der Waals surface area (Å²) in [5.41, 5.74) is 11.6. The summed E-state index contributed by atoms with van der Waals surface area (Å²) < 4.78 is 41.8. The van der Waals surface area contributed by atoms with E-state index in [9.17, 15) is 27.9 Å². The average molecular weight is 924 g/mol. The minimum absolute atomic E-state index is 0.0240. The van der Waals surface area contributed by atoms with Crippen molar-refractivity contribution in [2.24, 2.45) is 0 Å². The van der Waals surface area contributed by atoms with Gasteiger partial charge in [0.05, 0.1) is 33.1 Å². The highest BCUT2D eigenvalue weighted by Crippen LogP contribution is 2.41. The molecule has 8 rings (SSSR count). The summed E-state index contributed by atoms with van der Waals surface area (Å²) >= 11 is 12.9. The Morgan fingerprint density at radius 1 is 1.00 bits per heavy atom. The van der Waals surface area contributed by atoms with Crippen LogP contribution in [0.3, 0.4) is 0 Å². The van der Waals surface area contributed by atoms with Crippen LogP contribution >= 0.6 is 34.5 Å². The number of aliphatic carboxylic acids is 1. The zero-order valence-electron chi connectivity index (χ0n) is 33.2. The predicted molar refractivity (Wildman–Crippen MR) is 237 cm³/mol. The van der Waals surface area contributed by atoms with Gasteiger partial charge >= 0.3 is 5.97 Å². The number of anilines is 2. The Morgan fingerprint density at radius 3 is 2.32 bits per heavy atom. The van der Waals surface area contributed by atoms with Crippen LogP contribution in [0.2, 0.25) is 10.0 Å². The van der Waals surface area contributed by atoms with Crippen LogP contribution in [0.15, 0.2) is 107 Å². The van der Waals surface area contributed by atoms with Crippen molar-refractivity contribution in [3.05, 3.63) is 152 Å². The molecule has 14 nitrogen and oxygen atoms in total. The Balaban J connectivity index is 1.02. The number of nitrogen functional groups attached to an aromatic ring is 1. The van der Waals surface area contributed by atoms with Crippen LogP contribution in [-0.2, 0) is 50.4 Å². The van der Waals surface area contributed by atoms with E-state index in [0.717, 1.165) is 32.3 Å². The molecule has 0 aliphatic carbocycles. The summed E-state index contributed by atoms with van der Waals surface area (Å²) in [6.45, 7) is 1.45. The lowest BCUT2D eigenvalue weighted by Crippen LogP contribution is -2.55. The summed E-state index contributed by atoms with van der Waals surface area (Å²) in [7, 11) is -4.43. The number of aryl methyl sites for hydroxylation is 1. The Bertz CT molecular complexity index is 2920. The van der Waals surface area contributed by atoms with Crippen LogP contribution in [0.25, 0.3) is 11.1 Å². The minimum Gasteiger partial charge on any atom is -0.489 e. The van der Waals surface area contributed by atoms with Gasteiger partial charge in [-0.05, 0) is 95.3 Å². The van der Waals surface area contributed by atoms with Gasteiger partial charge in [-0.15, -0.1) is 0 Å². The first kappa shape index (κ1) is 43.2. The molecular formula is C45H36Cl2N6O8S2. The number of halogens is 2. The first-order valence-corrected chi connectivity index (χ1v) is 22.4. The quantitative estimate of drug-likeness (QED) is 0.0946. The Hall–Kier alpha value is -6.48. The second-order valence-electron chi connectivity index (χ2n) is 14.9. The SMILES string of the molecule is Cc1nc(N)sc1S(=O)(=O)N1Cc2cc3c(cc2CC1C(=O)N[C@@H](Cc1ccc(-c2ccc(C#N)cc2)cc1)C(=O)O)NC(=O)C(c1ccc(OCc2ccc(Cl)c(Cl)c2)cc1)O3. The molecule has 2 aliphatic rings. The Labute approximate surface area is 375 Å². The number of amides is 2. The first-order valence-electron chi connectivity index (χ1n) is 19.3.